The number of rotatable bonds is 12. The van der Waals surface area contributed by atoms with Crippen molar-refractivity contribution in [3.05, 3.63) is 104 Å². The number of nitrogens with one attached hydrogen (secondary N) is 1. The second kappa shape index (κ2) is 14.9. The van der Waals surface area contributed by atoms with E-state index >= 15 is 0 Å². The minimum absolute atomic E-state index is 0.163. The largest absolute Gasteiger partial charge is 0.354 e. The summed E-state index contributed by atoms with van der Waals surface area (Å²) < 4.78 is 0. The first-order chi connectivity index (χ1) is 17.8. The van der Waals surface area contributed by atoms with E-state index in [1.54, 1.807) is 35.2 Å². The molecule has 1 atom stereocenters. The van der Waals surface area contributed by atoms with Crippen molar-refractivity contribution < 1.29 is 9.59 Å². The lowest BCUT2D eigenvalue weighted by Crippen LogP contribution is -2.51. The first-order valence-corrected chi connectivity index (χ1v) is 14.5. The highest BCUT2D eigenvalue weighted by atomic mass is 35.5. The summed E-state index contributed by atoms with van der Waals surface area (Å²) in [5.41, 5.74) is 2.64. The van der Waals surface area contributed by atoms with Crippen LogP contribution in [0.1, 0.15) is 30.0 Å². The number of carbonyl (C=O) groups is 2. The van der Waals surface area contributed by atoms with Crippen LogP contribution in [0.5, 0.6) is 0 Å². The molecular formula is C28H28Cl4N2O2S. The predicted octanol–water partition coefficient (Wildman–Crippen LogP) is 7.70. The van der Waals surface area contributed by atoms with Crippen LogP contribution in [-0.4, -0.2) is 35.1 Å². The van der Waals surface area contributed by atoms with Gasteiger partial charge in [0.1, 0.15) is 6.04 Å². The number of amides is 2. The molecule has 0 fully saturated rings. The van der Waals surface area contributed by atoms with Crippen molar-refractivity contribution in [1.29, 1.82) is 0 Å². The first kappa shape index (κ1) is 29.7. The number of thioether (sulfide) groups is 1. The third-order valence-corrected chi connectivity index (χ3v) is 7.97. The molecule has 3 rings (SSSR count). The first-order valence-electron chi connectivity index (χ1n) is 11.8. The molecule has 3 aromatic rings. The van der Waals surface area contributed by atoms with E-state index in [0.29, 0.717) is 38.8 Å². The van der Waals surface area contributed by atoms with Gasteiger partial charge in [0.15, 0.2) is 0 Å². The molecule has 0 radical (unpaired) electrons. The van der Waals surface area contributed by atoms with Crippen LogP contribution in [-0.2, 0) is 28.3 Å². The van der Waals surface area contributed by atoms with E-state index in [1.807, 2.05) is 43.3 Å². The highest BCUT2D eigenvalue weighted by molar-refractivity contribution is 7.99. The highest BCUT2D eigenvalue weighted by Crippen LogP contribution is 2.27. The number of carbonyl (C=O) groups excluding carboxylic acids is 2. The Hall–Kier alpha value is -1.89. The summed E-state index contributed by atoms with van der Waals surface area (Å²) in [6.07, 6.45) is 1.17. The summed E-state index contributed by atoms with van der Waals surface area (Å²) in [5.74, 6) is 0.392. The van der Waals surface area contributed by atoms with Gasteiger partial charge >= 0.3 is 0 Å². The molecule has 37 heavy (non-hydrogen) atoms. The standard InChI is InChI=1S/C28H28Cl4N2O2S/c1-2-12-33-28(36)26(14-19-6-4-3-5-7-19)34(16-21-9-10-22(29)15-24(21)31)27(35)18-37-17-20-8-11-23(30)25(32)13-20/h3-11,13,15,26H,2,12,14,16-18H2,1H3,(H,33,36)/t26-/m1/s1. The fraction of sp³-hybridized carbons (Fsp3) is 0.286. The minimum atomic E-state index is -0.709. The van der Waals surface area contributed by atoms with Crippen LogP contribution < -0.4 is 5.32 Å². The van der Waals surface area contributed by atoms with Crippen molar-refractivity contribution in [2.24, 2.45) is 0 Å². The molecule has 1 N–H and O–H groups in total. The van der Waals surface area contributed by atoms with E-state index in [0.717, 1.165) is 23.1 Å². The normalized spacial score (nSPS) is 11.7. The van der Waals surface area contributed by atoms with Crippen molar-refractivity contribution in [1.82, 2.24) is 10.2 Å². The van der Waals surface area contributed by atoms with Crippen molar-refractivity contribution in [3.8, 4) is 0 Å². The van der Waals surface area contributed by atoms with E-state index in [4.69, 9.17) is 46.4 Å². The van der Waals surface area contributed by atoms with Gasteiger partial charge < -0.3 is 10.2 Å². The van der Waals surface area contributed by atoms with Gasteiger partial charge in [-0.15, -0.1) is 11.8 Å². The number of halogens is 4. The van der Waals surface area contributed by atoms with Gasteiger partial charge in [-0.05, 0) is 47.4 Å². The molecule has 3 aromatic carbocycles. The van der Waals surface area contributed by atoms with Crippen LogP contribution >= 0.6 is 58.2 Å². The SMILES string of the molecule is CCCNC(=O)[C@@H](Cc1ccccc1)N(Cc1ccc(Cl)cc1Cl)C(=O)CSCc1ccc(Cl)c(Cl)c1. The molecular weight excluding hydrogens is 570 g/mol. The third-order valence-electron chi connectivity index (χ3n) is 5.65. The van der Waals surface area contributed by atoms with Gasteiger partial charge in [0.2, 0.25) is 11.8 Å². The lowest BCUT2D eigenvalue weighted by molar-refractivity contribution is -0.139. The van der Waals surface area contributed by atoms with Crippen molar-refractivity contribution in [2.75, 3.05) is 12.3 Å². The zero-order chi connectivity index (χ0) is 26.8. The third kappa shape index (κ3) is 9.12. The topological polar surface area (TPSA) is 49.4 Å². The summed E-state index contributed by atoms with van der Waals surface area (Å²) >= 11 is 26.2. The lowest BCUT2D eigenvalue weighted by atomic mass is 10.0. The molecule has 0 aromatic heterocycles. The fourth-order valence-corrected chi connectivity index (χ4v) is 5.37. The second-order valence-electron chi connectivity index (χ2n) is 8.50. The predicted molar refractivity (Wildman–Crippen MR) is 157 cm³/mol. The number of benzene rings is 3. The maximum Gasteiger partial charge on any atom is 0.243 e. The zero-order valence-electron chi connectivity index (χ0n) is 20.4. The summed E-state index contributed by atoms with van der Waals surface area (Å²) in [6.45, 7) is 2.70. The van der Waals surface area contributed by atoms with Gasteiger partial charge in [-0.3, -0.25) is 9.59 Å². The second-order valence-corrected chi connectivity index (χ2v) is 11.1. The molecule has 0 heterocycles. The van der Waals surface area contributed by atoms with Gasteiger partial charge in [-0.25, -0.2) is 0 Å². The van der Waals surface area contributed by atoms with E-state index in [-0.39, 0.29) is 24.1 Å². The van der Waals surface area contributed by atoms with Crippen LogP contribution in [0.3, 0.4) is 0 Å². The summed E-state index contributed by atoms with van der Waals surface area (Å²) in [6, 6.07) is 19.5. The van der Waals surface area contributed by atoms with E-state index < -0.39 is 6.04 Å². The van der Waals surface area contributed by atoms with Crippen LogP contribution in [0.2, 0.25) is 20.1 Å². The molecule has 0 unspecified atom stereocenters. The van der Waals surface area contributed by atoms with Crippen LogP contribution in [0.15, 0.2) is 66.7 Å². The molecule has 0 aliphatic heterocycles. The van der Waals surface area contributed by atoms with Crippen molar-refractivity contribution >= 4 is 70.0 Å². The Morgan fingerprint density at radius 2 is 1.65 bits per heavy atom. The van der Waals surface area contributed by atoms with Gasteiger partial charge in [0, 0.05) is 35.3 Å². The molecule has 4 nitrogen and oxygen atoms in total. The molecule has 9 heteroatoms. The minimum Gasteiger partial charge on any atom is -0.354 e. The average molecular weight is 598 g/mol. The molecule has 0 saturated heterocycles. The number of hydrogen-bond acceptors (Lipinski definition) is 3. The van der Waals surface area contributed by atoms with Gasteiger partial charge in [0.05, 0.1) is 15.8 Å². The maximum absolute atomic E-state index is 13.7. The van der Waals surface area contributed by atoms with Crippen LogP contribution in [0, 0.1) is 0 Å². The Morgan fingerprint density at radius 1 is 0.892 bits per heavy atom. The zero-order valence-corrected chi connectivity index (χ0v) is 24.2. The monoisotopic (exact) mass is 596 g/mol. The summed E-state index contributed by atoms with van der Waals surface area (Å²) in [4.78, 5) is 28.6. The van der Waals surface area contributed by atoms with Crippen molar-refractivity contribution in [2.45, 2.75) is 38.1 Å². The van der Waals surface area contributed by atoms with E-state index in [2.05, 4.69) is 5.32 Å². The number of hydrogen-bond donors (Lipinski definition) is 1. The molecule has 2 amide bonds. The van der Waals surface area contributed by atoms with Crippen LogP contribution in [0.4, 0.5) is 0 Å². The molecule has 0 aliphatic carbocycles. The van der Waals surface area contributed by atoms with E-state index in [1.165, 1.54) is 11.8 Å². The van der Waals surface area contributed by atoms with Gasteiger partial charge in [0.25, 0.3) is 0 Å². The smallest absolute Gasteiger partial charge is 0.243 e. The molecule has 0 bridgehead atoms. The van der Waals surface area contributed by atoms with Crippen molar-refractivity contribution in [3.63, 3.8) is 0 Å². The molecule has 0 spiro atoms. The van der Waals surface area contributed by atoms with Gasteiger partial charge in [-0.1, -0.05) is 95.8 Å². The summed E-state index contributed by atoms with van der Waals surface area (Å²) in [5, 5.41) is 4.88. The molecule has 196 valence electrons. The Balaban J connectivity index is 1.86. The fourth-order valence-electron chi connectivity index (χ4n) is 3.72. The Morgan fingerprint density at radius 3 is 2.32 bits per heavy atom. The maximum atomic E-state index is 13.7. The van der Waals surface area contributed by atoms with Gasteiger partial charge in [-0.2, -0.15) is 0 Å². The Labute approximate surface area is 242 Å². The quantitative estimate of drug-likeness (QED) is 0.233. The molecule has 0 saturated carbocycles. The summed E-state index contributed by atoms with van der Waals surface area (Å²) in [7, 11) is 0. The number of nitrogens with zero attached hydrogens (tertiary/aromatic N) is 1. The van der Waals surface area contributed by atoms with Crippen LogP contribution in [0.25, 0.3) is 0 Å². The van der Waals surface area contributed by atoms with E-state index in [9.17, 15) is 9.59 Å². The highest BCUT2D eigenvalue weighted by Gasteiger charge is 2.30. The Bertz CT molecular complexity index is 1210. The lowest BCUT2D eigenvalue weighted by Gasteiger charge is -2.32. The average Bonchev–Trinajstić information content (AvgIpc) is 2.88. The Kier molecular flexibility index (Phi) is 11.9. The molecule has 0 aliphatic rings.